The fourth-order valence-corrected chi connectivity index (χ4v) is 5.03. The number of piperidine rings is 1. The second kappa shape index (κ2) is 11.2. The number of hydrogen-bond donors (Lipinski definition) is 3. The maximum Gasteiger partial charge on any atom is 0.234 e. The second-order valence-corrected chi connectivity index (χ2v) is 9.83. The lowest BCUT2D eigenvalue weighted by molar-refractivity contribution is -0.129. The van der Waals surface area contributed by atoms with E-state index >= 15 is 0 Å². The number of nitrogens with zero attached hydrogens (tertiary/aromatic N) is 2. The molecule has 0 unspecified atom stereocenters. The molecule has 2 heterocycles. The first-order valence-corrected chi connectivity index (χ1v) is 12.5. The molecule has 7 nitrogen and oxygen atoms in total. The van der Waals surface area contributed by atoms with E-state index in [1.165, 1.54) is 6.07 Å². The summed E-state index contributed by atoms with van der Waals surface area (Å²) in [7, 11) is 0. The highest BCUT2D eigenvalue weighted by Crippen LogP contribution is 2.22. The Bertz CT molecular complexity index is 1230. The van der Waals surface area contributed by atoms with Crippen LogP contribution in [0.2, 0.25) is 0 Å². The third-order valence-electron chi connectivity index (χ3n) is 7.17. The predicted octanol–water partition coefficient (Wildman–Crippen LogP) is 3.92. The minimum atomic E-state index is -0.979. The Balaban J connectivity index is 1.46. The number of rotatable bonds is 9. The number of nitrogen functional groups attached to an aromatic ring is 1. The zero-order chi connectivity index (χ0) is 25.8. The summed E-state index contributed by atoms with van der Waals surface area (Å²) in [4.78, 5) is 28.4. The monoisotopic (exact) mass is 497 g/mol. The van der Waals surface area contributed by atoms with Crippen LogP contribution >= 0.6 is 0 Å². The van der Waals surface area contributed by atoms with Gasteiger partial charge >= 0.3 is 0 Å². The lowest BCUT2D eigenvalue weighted by Gasteiger charge is -2.38. The van der Waals surface area contributed by atoms with Gasteiger partial charge in [0.25, 0.3) is 0 Å². The number of nitrogens with two attached hydrogens (primary N) is 1. The van der Waals surface area contributed by atoms with E-state index in [1.54, 1.807) is 0 Å². The Hall–Kier alpha value is -3.33. The zero-order valence-electron chi connectivity index (χ0n) is 20.7. The van der Waals surface area contributed by atoms with Crippen LogP contribution in [-0.2, 0) is 22.4 Å². The van der Waals surface area contributed by atoms with E-state index in [1.807, 2.05) is 18.2 Å². The van der Waals surface area contributed by atoms with Gasteiger partial charge in [0, 0.05) is 23.9 Å². The largest absolute Gasteiger partial charge is 0.382 e. The van der Waals surface area contributed by atoms with Crippen LogP contribution in [-0.4, -0.2) is 51.5 Å². The molecule has 4 rings (SSSR count). The number of halogens is 2. The Kier molecular flexibility index (Phi) is 7.98. The molecule has 3 aromatic rings. The summed E-state index contributed by atoms with van der Waals surface area (Å²) in [6.07, 6.45) is 3.91. The Morgan fingerprint density at radius 3 is 2.56 bits per heavy atom. The highest BCUT2D eigenvalue weighted by Gasteiger charge is 2.28. The number of likely N-dealkylation sites (tertiary alicyclic amines) is 1. The molecule has 9 heteroatoms. The SMILES string of the molecule is C[C@@H]1CCC[C@H](C)N1CC(=O)N[C@@H](Cc1ccc(F)c(F)c1)C(=O)CCc1ccc2c(N)n[nH]c2c1. The number of carbonyl (C=O) groups excluding carboxylic acids is 2. The van der Waals surface area contributed by atoms with E-state index in [0.717, 1.165) is 47.9 Å². The van der Waals surface area contributed by atoms with Crippen molar-refractivity contribution in [3.8, 4) is 0 Å². The number of benzene rings is 2. The van der Waals surface area contributed by atoms with Crippen molar-refractivity contribution in [3.63, 3.8) is 0 Å². The Morgan fingerprint density at radius 1 is 1.11 bits per heavy atom. The molecule has 1 saturated heterocycles. The number of ketones is 1. The number of aryl methyl sites for hydroxylation is 1. The average Bonchev–Trinajstić information content (AvgIpc) is 3.22. The normalized spacial score (nSPS) is 19.3. The lowest BCUT2D eigenvalue weighted by Crippen LogP contribution is -2.51. The number of hydrogen-bond acceptors (Lipinski definition) is 5. The van der Waals surface area contributed by atoms with Crippen molar-refractivity contribution >= 4 is 28.4 Å². The number of carbonyl (C=O) groups is 2. The molecule has 1 amide bonds. The molecule has 1 fully saturated rings. The van der Waals surface area contributed by atoms with Crippen molar-refractivity contribution in [1.29, 1.82) is 0 Å². The van der Waals surface area contributed by atoms with Crippen LogP contribution in [0, 0.1) is 11.6 Å². The highest BCUT2D eigenvalue weighted by atomic mass is 19.2. The first kappa shape index (κ1) is 25.8. The minimum absolute atomic E-state index is 0.0863. The van der Waals surface area contributed by atoms with Crippen molar-refractivity contribution in [2.24, 2.45) is 0 Å². The molecule has 0 spiro atoms. The van der Waals surface area contributed by atoms with Gasteiger partial charge in [-0.25, -0.2) is 8.78 Å². The van der Waals surface area contributed by atoms with Crippen molar-refractivity contribution in [1.82, 2.24) is 20.4 Å². The zero-order valence-corrected chi connectivity index (χ0v) is 20.7. The summed E-state index contributed by atoms with van der Waals surface area (Å²) in [5.74, 6) is -1.93. The number of amides is 1. The van der Waals surface area contributed by atoms with E-state index in [-0.39, 0.29) is 43.2 Å². The van der Waals surface area contributed by atoms with Gasteiger partial charge in [-0.15, -0.1) is 0 Å². The molecule has 1 aromatic heterocycles. The van der Waals surface area contributed by atoms with E-state index in [0.29, 0.717) is 17.8 Å². The molecule has 36 heavy (non-hydrogen) atoms. The topological polar surface area (TPSA) is 104 Å². The fraction of sp³-hybridized carbons (Fsp3) is 0.444. The van der Waals surface area contributed by atoms with Gasteiger partial charge in [-0.2, -0.15) is 5.10 Å². The van der Waals surface area contributed by atoms with E-state index in [4.69, 9.17) is 5.73 Å². The minimum Gasteiger partial charge on any atom is -0.382 e. The summed E-state index contributed by atoms with van der Waals surface area (Å²) < 4.78 is 27.2. The first-order chi connectivity index (χ1) is 17.2. The standard InChI is InChI=1S/C27H33F2N5O2/c1-16-4-3-5-17(2)34(16)15-26(36)31-24(14-19-7-10-21(28)22(29)12-19)25(35)11-8-18-6-9-20-23(13-18)32-33-27(20)30/h6-7,9-10,12-13,16-17,24H,3-5,8,11,14-15H2,1-2H3,(H,31,36)(H3,30,32,33)/t16-,17+,24-/m0/s1. The maximum absolute atomic E-state index is 13.8. The molecular formula is C27H33F2N5O2. The molecule has 0 aliphatic carbocycles. The van der Waals surface area contributed by atoms with Gasteiger partial charge in [-0.3, -0.25) is 19.6 Å². The Labute approximate surface area is 209 Å². The molecule has 1 aliphatic rings. The van der Waals surface area contributed by atoms with E-state index in [9.17, 15) is 18.4 Å². The predicted molar refractivity (Wildman–Crippen MR) is 135 cm³/mol. The molecule has 4 N–H and O–H groups in total. The number of aromatic nitrogens is 2. The van der Waals surface area contributed by atoms with Gasteiger partial charge in [0.05, 0.1) is 18.1 Å². The number of H-pyrrole nitrogens is 1. The van der Waals surface area contributed by atoms with Crippen LogP contribution in [0.15, 0.2) is 36.4 Å². The highest BCUT2D eigenvalue weighted by molar-refractivity contribution is 5.91. The number of anilines is 1. The van der Waals surface area contributed by atoms with Crippen LogP contribution < -0.4 is 11.1 Å². The number of Topliss-reactive ketones (excluding diaryl/α,β-unsaturated/α-hetero) is 1. The van der Waals surface area contributed by atoms with Crippen molar-refractivity contribution in [3.05, 3.63) is 59.2 Å². The van der Waals surface area contributed by atoms with Gasteiger partial charge in [-0.05, 0) is 74.9 Å². The van der Waals surface area contributed by atoms with Crippen LogP contribution in [0.5, 0.6) is 0 Å². The van der Waals surface area contributed by atoms with Crippen molar-refractivity contribution in [2.75, 3.05) is 12.3 Å². The average molecular weight is 498 g/mol. The van der Waals surface area contributed by atoms with E-state index in [2.05, 4.69) is 34.3 Å². The molecule has 0 bridgehead atoms. The maximum atomic E-state index is 13.8. The molecule has 192 valence electrons. The van der Waals surface area contributed by atoms with Gasteiger partial charge in [0.2, 0.25) is 5.91 Å². The summed E-state index contributed by atoms with van der Waals surface area (Å²) >= 11 is 0. The van der Waals surface area contributed by atoms with Gasteiger partial charge in [-0.1, -0.05) is 18.6 Å². The lowest BCUT2D eigenvalue weighted by atomic mass is 9.96. The second-order valence-electron chi connectivity index (χ2n) is 9.83. The molecule has 0 saturated carbocycles. The van der Waals surface area contributed by atoms with Crippen LogP contribution in [0.1, 0.15) is 50.7 Å². The number of nitrogens with one attached hydrogen (secondary N) is 2. The summed E-state index contributed by atoms with van der Waals surface area (Å²) in [5, 5.41) is 10.5. The van der Waals surface area contributed by atoms with Crippen LogP contribution in [0.25, 0.3) is 10.9 Å². The molecule has 3 atom stereocenters. The number of aromatic amines is 1. The quantitative estimate of drug-likeness (QED) is 0.416. The summed E-state index contributed by atoms with van der Waals surface area (Å²) in [6.45, 7) is 4.41. The first-order valence-electron chi connectivity index (χ1n) is 12.5. The third kappa shape index (κ3) is 6.07. The van der Waals surface area contributed by atoms with Crippen molar-refractivity contribution in [2.45, 2.75) is 70.5 Å². The van der Waals surface area contributed by atoms with Crippen molar-refractivity contribution < 1.29 is 18.4 Å². The van der Waals surface area contributed by atoms with Gasteiger partial charge in [0.15, 0.2) is 23.2 Å². The smallest absolute Gasteiger partial charge is 0.234 e. The summed E-state index contributed by atoms with van der Waals surface area (Å²) in [5.41, 5.74) is 7.98. The molecule has 2 aromatic carbocycles. The van der Waals surface area contributed by atoms with E-state index < -0.39 is 17.7 Å². The molecular weight excluding hydrogens is 464 g/mol. The molecule has 0 radical (unpaired) electrons. The molecule has 1 aliphatic heterocycles. The van der Waals surface area contributed by atoms with Gasteiger partial charge < -0.3 is 11.1 Å². The Morgan fingerprint density at radius 2 is 1.83 bits per heavy atom. The third-order valence-corrected chi connectivity index (χ3v) is 7.17. The van der Waals surface area contributed by atoms with Crippen LogP contribution in [0.4, 0.5) is 14.6 Å². The fourth-order valence-electron chi connectivity index (χ4n) is 5.03. The summed E-state index contributed by atoms with van der Waals surface area (Å²) in [6, 6.07) is 8.93. The van der Waals surface area contributed by atoms with Gasteiger partial charge in [0.1, 0.15) is 0 Å². The number of fused-ring (bicyclic) bond motifs is 1. The van der Waals surface area contributed by atoms with Crippen LogP contribution in [0.3, 0.4) is 0 Å².